The largest absolute Gasteiger partial charge is 0.494 e. The van der Waals surface area contributed by atoms with Crippen molar-refractivity contribution in [1.29, 1.82) is 0 Å². The molecule has 0 radical (unpaired) electrons. The fraction of sp³-hybridized carbons (Fsp3) is 0.619. The van der Waals surface area contributed by atoms with Crippen molar-refractivity contribution in [2.24, 2.45) is 5.92 Å². The maximum Gasteiger partial charge on any atom is 0.309 e. The first-order valence-electron chi connectivity index (χ1n) is 10.6. The van der Waals surface area contributed by atoms with Crippen molar-refractivity contribution in [1.82, 2.24) is 9.21 Å². The molecule has 172 valence electrons. The first-order chi connectivity index (χ1) is 14.8. The maximum atomic E-state index is 12.9. The van der Waals surface area contributed by atoms with Gasteiger partial charge in [0.1, 0.15) is 5.75 Å². The highest BCUT2D eigenvalue weighted by molar-refractivity contribution is 7.89. The molecule has 0 unspecified atom stereocenters. The van der Waals surface area contributed by atoms with Gasteiger partial charge in [0.2, 0.25) is 10.0 Å². The van der Waals surface area contributed by atoms with Crippen molar-refractivity contribution in [3.8, 4) is 5.75 Å². The summed E-state index contributed by atoms with van der Waals surface area (Å²) in [5.74, 6) is -0.491. The maximum absolute atomic E-state index is 12.9. The lowest BCUT2D eigenvalue weighted by atomic mass is 9.98. The molecule has 1 atom stereocenters. The Morgan fingerprint density at radius 1 is 1.10 bits per heavy atom. The number of hydrogen-bond acceptors (Lipinski definition) is 7. The Kier molecular flexibility index (Phi) is 7.90. The zero-order valence-corrected chi connectivity index (χ0v) is 18.8. The Labute approximate surface area is 183 Å². The van der Waals surface area contributed by atoms with Crippen LogP contribution >= 0.6 is 0 Å². The van der Waals surface area contributed by atoms with E-state index in [1.54, 1.807) is 24.0 Å². The molecule has 0 saturated carbocycles. The number of amides is 1. The Morgan fingerprint density at radius 2 is 1.71 bits per heavy atom. The lowest BCUT2D eigenvalue weighted by Gasteiger charge is -2.32. The number of morpholine rings is 1. The number of carbonyl (C=O) groups excluding carboxylic acids is 2. The van der Waals surface area contributed by atoms with Gasteiger partial charge >= 0.3 is 5.97 Å². The van der Waals surface area contributed by atoms with E-state index in [4.69, 9.17) is 14.2 Å². The topological polar surface area (TPSA) is 102 Å². The van der Waals surface area contributed by atoms with E-state index in [-0.39, 0.29) is 23.9 Å². The highest BCUT2D eigenvalue weighted by Gasteiger charge is 2.34. The van der Waals surface area contributed by atoms with Gasteiger partial charge in [-0.25, -0.2) is 8.42 Å². The number of hydrogen-bond donors (Lipinski definition) is 0. The van der Waals surface area contributed by atoms with Crippen LogP contribution in [0, 0.1) is 5.92 Å². The minimum absolute atomic E-state index is 0.196. The summed E-state index contributed by atoms with van der Waals surface area (Å²) >= 11 is 0. The minimum atomic E-state index is -3.64. The second-order valence-electron chi connectivity index (χ2n) is 7.60. The average Bonchev–Trinajstić information content (AvgIpc) is 2.79. The highest BCUT2D eigenvalue weighted by atomic mass is 32.2. The molecule has 0 aliphatic carbocycles. The van der Waals surface area contributed by atoms with Crippen molar-refractivity contribution in [2.75, 3.05) is 46.0 Å². The number of nitrogens with zero attached hydrogens (tertiary/aromatic N) is 2. The van der Waals surface area contributed by atoms with Crippen LogP contribution in [0.4, 0.5) is 0 Å². The Morgan fingerprint density at radius 3 is 2.29 bits per heavy atom. The normalized spacial score (nSPS) is 19.6. The van der Waals surface area contributed by atoms with Crippen LogP contribution in [0.25, 0.3) is 0 Å². The van der Waals surface area contributed by atoms with Crippen LogP contribution in [0.3, 0.4) is 0 Å². The van der Waals surface area contributed by atoms with Gasteiger partial charge in [0, 0.05) is 26.2 Å². The van der Waals surface area contributed by atoms with Gasteiger partial charge < -0.3 is 19.1 Å². The molecule has 2 heterocycles. The molecule has 10 heteroatoms. The molecule has 0 spiro atoms. The smallest absolute Gasteiger partial charge is 0.309 e. The monoisotopic (exact) mass is 454 g/mol. The lowest BCUT2D eigenvalue weighted by molar-refractivity contribution is -0.164. The molecule has 1 aromatic carbocycles. The summed E-state index contributed by atoms with van der Waals surface area (Å²) in [5, 5.41) is 0. The third-order valence-electron chi connectivity index (χ3n) is 5.52. The van der Waals surface area contributed by atoms with Gasteiger partial charge in [-0.05, 0) is 51.0 Å². The van der Waals surface area contributed by atoms with Crippen LogP contribution in [0.5, 0.6) is 5.75 Å². The summed E-state index contributed by atoms with van der Waals surface area (Å²) in [5.41, 5.74) is 0. The van der Waals surface area contributed by atoms with Crippen LogP contribution in [-0.4, -0.2) is 81.6 Å². The van der Waals surface area contributed by atoms with Crippen molar-refractivity contribution >= 4 is 21.9 Å². The number of piperidine rings is 1. The van der Waals surface area contributed by atoms with Gasteiger partial charge in [-0.1, -0.05) is 0 Å². The van der Waals surface area contributed by atoms with Crippen molar-refractivity contribution in [3.05, 3.63) is 24.3 Å². The van der Waals surface area contributed by atoms with Crippen molar-refractivity contribution in [3.63, 3.8) is 0 Å². The summed E-state index contributed by atoms with van der Waals surface area (Å²) in [4.78, 5) is 26.8. The number of rotatable bonds is 7. The second kappa shape index (κ2) is 10.4. The van der Waals surface area contributed by atoms with Gasteiger partial charge in [0.15, 0.2) is 6.10 Å². The molecule has 0 aromatic heterocycles. The molecule has 1 aromatic rings. The zero-order valence-electron chi connectivity index (χ0n) is 18.0. The highest BCUT2D eigenvalue weighted by Crippen LogP contribution is 2.26. The lowest BCUT2D eigenvalue weighted by Crippen LogP contribution is -2.47. The molecule has 0 bridgehead atoms. The number of ether oxygens (including phenoxy) is 3. The Balaban J connectivity index is 1.52. The molecule has 9 nitrogen and oxygen atoms in total. The van der Waals surface area contributed by atoms with Crippen LogP contribution in [0.1, 0.15) is 26.7 Å². The fourth-order valence-electron chi connectivity index (χ4n) is 3.72. The van der Waals surface area contributed by atoms with E-state index < -0.39 is 28.0 Å². The van der Waals surface area contributed by atoms with E-state index in [9.17, 15) is 18.0 Å². The predicted octanol–water partition coefficient (Wildman–Crippen LogP) is 1.28. The average molecular weight is 455 g/mol. The fourth-order valence-corrected chi connectivity index (χ4v) is 5.19. The van der Waals surface area contributed by atoms with E-state index >= 15 is 0 Å². The second-order valence-corrected chi connectivity index (χ2v) is 9.54. The molecule has 1 amide bonds. The molecular formula is C21H30N2O7S. The minimum Gasteiger partial charge on any atom is -0.494 e. The number of carbonyl (C=O) groups is 2. The van der Waals surface area contributed by atoms with Gasteiger partial charge in [-0.2, -0.15) is 4.31 Å². The van der Waals surface area contributed by atoms with Gasteiger partial charge in [0.05, 0.1) is 30.6 Å². The quantitative estimate of drug-likeness (QED) is 0.572. The molecule has 2 aliphatic rings. The van der Waals surface area contributed by atoms with Gasteiger partial charge in [-0.15, -0.1) is 0 Å². The first kappa shape index (κ1) is 23.5. The van der Waals surface area contributed by atoms with Crippen LogP contribution in [-0.2, 0) is 29.1 Å². The van der Waals surface area contributed by atoms with Gasteiger partial charge in [0.25, 0.3) is 5.91 Å². The van der Waals surface area contributed by atoms with Crippen LogP contribution < -0.4 is 4.74 Å². The standard InChI is InChI=1S/C21H30N2O7S/c1-3-29-18-4-6-19(7-5-18)31(26,27)23-10-8-17(9-11-23)21(25)30-16(2)20(24)22-12-14-28-15-13-22/h4-7,16-17H,3,8-15H2,1-2H3/t16-/m0/s1. The summed E-state index contributed by atoms with van der Waals surface area (Å²) in [6.45, 7) is 6.32. The molecule has 2 fully saturated rings. The predicted molar refractivity (Wildman–Crippen MR) is 112 cm³/mol. The van der Waals surface area contributed by atoms with E-state index in [1.165, 1.54) is 16.4 Å². The third-order valence-corrected chi connectivity index (χ3v) is 7.44. The molecule has 31 heavy (non-hydrogen) atoms. The molecular weight excluding hydrogens is 424 g/mol. The van der Waals surface area contributed by atoms with Crippen LogP contribution in [0.15, 0.2) is 29.2 Å². The summed E-state index contributed by atoms with van der Waals surface area (Å²) < 4.78 is 43.1. The molecule has 2 saturated heterocycles. The number of benzene rings is 1. The Bertz CT molecular complexity index is 858. The van der Waals surface area contributed by atoms with E-state index in [0.717, 1.165) is 0 Å². The van der Waals surface area contributed by atoms with E-state index in [1.807, 2.05) is 6.92 Å². The van der Waals surface area contributed by atoms with E-state index in [0.29, 0.717) is 51.5 Å². The van der Waals surface area contributed by atoms with E-state index in [2.05, 4.69) is 0 Å². The molecule has 0 N–H and O–H groups in total. The van der Waals surface area contributed by atoms with Crippen molar-refractivity contribution < 1.29 is 32.2 Å². The third kappa shape index (κ3) is 5.75. The summed E-state index contributed by atoms with van der Waals surface area (Å²) in [6, 6.07) is 6.32. The van der Waals surface area contributed by atoms with Gasteiger partial charge in [-0.3, -0.25) is 9.59 Å². The first-order valence-corrected chi connectivity index (χ1v) is 12.1. The number of esters is 1. The summed E-state index contributed by atoms with van der Waals surface area (Å²) in [7, 11) is -3.64. The zero-order chi connectivity index (χ0) is 22.4. The van der Waals surface area contributed by atoms with Crippen LogP contribution in [0.2, 0.25) is 0 Å². The SMILES string of the molecule is CCOc1ccc(S(=O)(=O)N2CCC(C(=O)O[C@@H](C)C(=O)N3CCOCC3)CC2)cc1. The summed E-state index contributed by atoms with van der Waals surface area (Å²) in [6.07, 6.45) is -0.155. The Hall–Kier alpha value is -2.17. The van der Waals surface area contributed by atoms with Crippen molar-refractivity contribution in [2.45, 2.75) is 37.7 Å². The molecule has 2 aliphatic heterocycles. The molecule has 3 rings (SSSR count). The number of sulfonamides is 1.